The van der Waals surface area contributed by atoms with Crippen molar-refractivity contribution < 1.29 is 15.0 Å². The summed E-state index contributed by atoms with van der Waals surface area (Å²) in [5.74, 6) is -0.185. The Bertz CT molecular complexity index is 1310. The summed E-state index contributed by atoms with van der Waals surface area (Å²) in [5, 5.41) is 41.6. The van der Waals surface area contributed by atoms with Gasteiger partial charge in [-0.25, -0.2) is 0 Å². The molecule has 0 aliphatic heterocycles. The van der Waals surface area contributed by atoms with Crippen LogP contribution in [0.5, 0.6) is 5.88 Å². The van der Waals surface area contributed by atoms with E-state index < -0.39 is 21.2 Å². The molecule has 0 radical (unpaired) electrons. The predicted molar refractivity (Wildman–Crippen MR) is 109 cm³/mol. The number of rotatable bonds is 5. The van der Waals surface area contributed by atoms with Gasteiger partial charge in [0.25, 0.3) is 5.69 Å². The summed E-state index contributed by atoms with van der Waals surface area (Å²) in [7, 11) is 0. The zero-order valence-corrected chi connectivity index (χ0v) is 15.2. The zero-order chi connectivity index (χ0) is 21.3. The Morgan fingerprint density at radius 1 is 0.833 bits per heavy atom. The maximum atomic E-state index is 11.3. The van der Waals surface area contributed by atoms with Crippen molar-refractivity contribution in [3.8, 4) is 11.6 Å². The lowest BCUT2D eigenvalue weighted by Gasteiger charge is -2.06. The lowest BCUT2D eigenvalue weighted by Crippen LogP contribution is -1.92. The van der Waals surface area contributed by atoms with Gasteiger partial charge < -0.3 is 5.11 Å². The van der Waals surface area contributed by atoms with Gasteiger partial charge in [-0.3, -0.25) is 24.8 Å². The van der Waals surface area contributed by atoms with E-state index in [-0.39, 0.29) is 17.3 Å². The van der Waals surface area contributed by atoms with Crippen LogP contribution in [0.2, 0.25) is 0 Å². The number of azo groups is 1. The number of fused-ring (bicyclic) bond motifs is 1. The van der Waals surface area contributed by atoms with E-state index >= 15 is 0 Å². The number of hydrogen-bond acceptors (Lipinski definition) is 7. The molecule has 148 valence electrons. The van der Waals surface area contributed by atoms with Crippen LogP contribution in [0.25, 0.3) is 16.6 Å². The third kappa shape index (κ3) is 3.22. The SMILES string of the molecule is O=[N+]([O-])c1ccc(N=Nc2c(O)n(-c3ccccc3)c3ccccc23)c([N+](=O)[O-])c1. The molecule has 4 aromatic rings. The number of benzene rings is 3. The van der Waals surface area contributed by atoms with Crippen LogP contribution >= 0.6 is 0 Å². The number of hydrogen-bond donors (Lipinski definition) is 1. The first kappa shape index (κ1) is 18.7. The third-order valence-electron chi connectivity index (χ3n) is 4.46. The summed E-state index contributed by atoms with van der Waals surface area (Å²) >= 11 is 0. The van der Waals surface area contributed by atoms with Crippen LogP contribution in [0.15, 0.2) is 83.0 Å². The van der Waals surface area contributed by atoms with Gasteiger partial charge in [0, 0.05) is 17.1 Å². The second kappa shape index (κ2) is 7.43. The fourth-order valence-electron chi connectivity index (χ4n) is 3.11. The molecule has 0 saturated carbocycles. The van der Waals surface area contributed by atoms with E-state index in [1.165, 1.54) is 0 Å². The Kier molecular flexibility index (Phi) is 4.64. The summed E-state index contributed by atoms with van der Waals surface area (Å²) in [6, 6.07) is 19.3. The molecule has 30 heavy (non-hydrogen) atoms. The number of para-hydroxylation sites is 2. The molecule has 0 unspecified atom stereocenters. The maximum Gasteiger partial charge on any atom is 0.303 e. The average molecular weight is 403 g/mol. The summed E-state index contributed by atoms with van der Waals surface area (Å²) in [5.41, 5.74) is 0.356. The number of aromatic hydroxyl groups is 1. The highest BCUT2D eigenvalue weighted by molar-refractivity contribution is 5.96. The van der Waals surface area contributed by atoms with E-state index in [4.69, 9.17) is 0 Å². The number of aromatic nitrogens is 1. The van der Waals surface area contributed by atoms with E-state index in [2.05, 4.69) is 10.2 Å². The van der Waals surface area contributed by atoms with Crippen molar-refractivity contribution in [2.75, 3.05) is 0 Å². The zero-order valence-electron chi connectivity index (χ0n) is 15.2. The van der Waals surface area contributed by atoms with Crippen LogP contribution < -0.4 is 0 Å². The molecule has 3 aromatic carbocycles. The highest BCUT2D eigenvalue weighted by Gasteiger charge is 2.21. The van der Waals surface area contributed by atoms with Gasteiger partial charge in [-0.15, -0.1) is 10.2 Å². The molecule has 0 fully saturated rings. The first-order chi connectivity index (χ1) is 14.5. The molecule has 0 bridgehead atoms. The quantitative estimate of drug-likeness (QED) is 0.264. The summed E-state index contributed by atoms with van der Waals surface area (Å²) in [6.07, 6.45) is 0. The minimum absolute atomic E-state index is 0.127. The Morgan fingerprint density at radius 3 is 2.23 bits per heavy atom. The molecule has 0 saturated heterocycles. The maximum absolute atomic E-state index is 11.3. The Labute approximate surface area is 168 Å². The molecule has 10 nitrogen and oxygen atoms in total. The fraction of sp³-hybridized carbons (Fsp3) is 0. The highest BCUT2D eigenvalue weighted by Crippen LogP contribution is 2.42. The molecule has 10 heteroatoms. The topological polar surface area (TPSA) is 136 Å². The molecule has 0 aliphatic carbocycles. The van der Waals surface area contributed by atoms with Gasteiger partial charge in [-0.2, -0.15) is 0 Å². The molecule has 0 atom stereocenters. The van der Waals surface area contributed by atoms with Crippen LogP contribution in [0.3, 0.4) is 0 Å². The Morgan fingerprint density at radius 2 is 1.53 bits per heavy atom. The van der Waals surface area contributed by atoms with Gasteiger partial charge in [-0.05, 0) is 24.3 Å². The van der Waals surface area contributed by atoms with Gasteiger partial charge >= 0.3 is 5.69 Å². The van der Waals surface area contributed by atoms with Crippen LogP contribution in [0.1, 0.15) is 0 Å². The summed E-state index contributed by atoms with van der Waals surface area (Å²) < 4.78 is 1.59. The lowest BCUT2D eigenvalue weighted by molar-refractivity contribution is -0.393. The molecule has 4 rings (SSSR count). The average Bonchev–Trinajstić information content (AvgIpc) is 3.03. The fourth-order valence-corrected chi connectivity index (χ4v) is 3.11. The van der Waals surface area contributed by atoms with Crippen LogP contribution in [-0.4, -0.2) is 19.5 Å². The standard InChI is InChI=1S/C20H13N5O5/c26-20-19(22-21-16-11-10-14(24(27)28)12-18(16)25(29)30)15-8-4-5-9-17(15)23(20)13-6-2-1-3-7-13/h1-12,26H. The smallest absolute Gasteiger partial charge is 0.303 e. The summed E-state index contributed by atoms with van der Waals surface area (Å²) in [6.45, 7) is 0. The molecule has 1 aromatic heterocycles. The Balaban J connectivity index is 1.86. The van der Waals surface area contributed by atoms with Gasteiger partial charge in [0.2, 0.25) is 5.88 Å². The van der Waals surface area contributed by atoms with Crippen molar-refractivity contribution in [2.45, 2.75) is 0 Å². The number of nitro groups is 2. The van der Waals surface area contributed by atoms with Crippen LogP contribution in [-0.2, 0) is 0 Å². The van der Waals surface area contributed by atoms with Gasteiger partial charge in [0.1, 0.15) is 0 Å². The second-order valence-corrected chi connectivity index (χ2v) is 6.25. The van der Waals surface area contributed by atoms with Crippen LogP contribution in [0, 0.1) is 20.2 Å². The van der Waals surface area contributed by atoms with Crippen LogP contribution in [0.4, 0.5) is 22.7 Å². The Hall–Kier alpha value is -4.60. The molecule has 1 heterocycles. The number of nitro benzene ring substituents is 2. The van der Waals surface area contributed by atoms with Gasteiger partial charge in [-0.1, -0.05) is 36.4 Å². The molecular formula is C20H13N5O5. The van der Waals surface area contributed by atoms with Crippen molar-refractivity contribution in [1.29, 1.82) is 0 Å². The van der Waals surface area contributed by atoms with Crippen molar-refractivity contribution in [3.05, 3.63) is 93.0 Å². The third-order valence-corrected chi connectivity index (χ3v) is 4.46. The largest absolute Gasteiger partial charge is 0.493 e. The summed E-state index contributed by atoms with van der Waals surface area (Å²) in [4.78, 5) is 20.7. The van der Waals surface area contributed by atoms with E-state index in [1.54, 1.807) is 22.8 Å². The molecule has 0 amide bonds. The second-order valence-electron chi connectivity index (χ2n) is 6.25. The first-order valence-corrected chi connectivity index (χ1v) is 8.70. The van der Waals surface area contributed by atoms with Gasteiger partial charge in [0.05, 0.1) is 21.4 Å². The van der Waals surface area contributed by atoms with E-state index in [0.29, 0.717) is 16.6 Å². The van der Waals surface area contributed by atoms with E-state index in [1.807, 2.05) is 36.4 Å². The lowest BCUT2D eigenvalue weighted by atomic mass is 10.2. The van der Waals surface area contributed by atoms with Crippen molar-refractivity contribution in [2.24, 2.45) is 10.2 Å². The molecule has 0 aliphatic rings. The predicted octanol–water partition coefficient (Wildman–Crippen LogP) is 5.57. The molecule has 1 N–H and O–H groups in total. The number of non-ortho nitro benzene ring substituents is 1. The van der Waals surface area contributed by atoms with Crippen molar-refractivity contribution >= 4 is 33.7 Å². The minimum Gasteiger partial charge on any atom is -0.493 e. The number of nitrogens with zero attached hydrogens (tertiary/aromatic N) is 5. The van der Waals surface area contributed by atoms with Gasteiger partial charge in [0.15, 0.2) is 11.4 Å². The minimum atomic E-state index is -0.769. The normalized spacial score (nSPS) is 11.2. The monoisotopic (exact) mass is 403 g/mol. The van der Waals surface area contributed by atoms with Crippen molar-refractivity contribution in [3.63, 3.8) is 0 Å². The van der Waals surface area contributed by atoms with E-state index in [9.17, 15) is 25.3 Å². The van der Waals surface area contributed by atoms with Crippen molar-refractivity contribution in [1.82, 2.24) is 4.57 Å². The molecular weight excluding hydrogens is 390 g/mol. The first-order valence-electron chi connectivity index (χ1n) is 8.70. The van der Waals surface area contributed by atoms with E-state index in [0.717, 1.165) is 18.2 Å². The highest BCUT2D eigenvalue weighted by atomic mass is 16.6. The molecule has 0 spiro atoms.